The van der Waals surface area contributed by atoms with E-state index < -0.39 is 0 Å². The molecule has 6 heteroatoms. The van der Waals surface area contributed by atoms with Crippen molar-refractivity contribution >= 4 is 29.1 Å². The second-order valence-corrected chi connectivity index (χ2v) is 7.33. The Bertz CT molecular complexity index is 825. The molecule has 0 radical (unpaired) electrons. The smallest absolute Gasteiger partial charge is 0.253 e. The number of benzene rings is 2. The number of halogens is 1. The molecule has 0 unspecified atom stereocenters. The Labute approximate surface area is 164 Å². The summed E-state index contributed by atoms with van der Waals surface area (Å²) in [6.07, 6.45) is 0. The van der Waals surface area contributed by atoms with E-state index in [4.69, 9.17) is 11.6 Å². The van der Waals surface area contributed by atoms with Gasteiger partial charge in [-0.15, -0.1) is 0 Å². The minimum Gasteiger partial charge on any atom is -0.336 e. The maximum atomic E-state index is 12.6. The molecule has 0 spiro atoms. The Kier molecular flexibility index (Phi) is 6.14. The Hall–Kier alpha value is -2.37. The summed E-state index contributed by atoms with van der Waals surface area (Å²) in [5.74, 6) is -0.0424. The van der Waals surface area contributed by atoms with Crippen LogP contribution in [-0.2, 0) is 4.79 Å². The van der Waals surface area contributed by atoms with E-state index in [1.807, 2.05) is 36.9 Å². The number of para-hydroxylation sites is 1. The quantitative estimate of drug-likeness (QED) is 0.878. The monoisotopic (exact) mass is 385 g/mol. The van der Waals surface area contributed by atoms with Crippen LogP contribution >= 0.6 is 11.6 Å². The SMILES string of the molecule is Cc1cccc(C)c1NC(=O)CN1CCN(C(=O)c2cccc(Cl)c2)CC1. The molecule has 1 saturated heterocycles. The lowest BCUT2D eigenvalue weighted by Crippen LogP contribution is -2.50. The van der Waals surface area contributed by atoms with Crippen molar-refractivity contribution in [3.8, 4) is 0 Å². The summed E-state index contributed by atoms with van der Waals surface area (Å²) in [4.78, 5) is 28.9. The van der Waals surface area contributed by atoms with E-state index >= 15 is 0 Å². The van der Waals surface area contributed by atoms with E-state index in [0.717, 1.165) is 16.8 Å². The third kappa shape index (κ3) is 4.87. The number of anilines is 1. The van der Waals surface area contributed by atoms with Gasteiger partial charge in [-0.25, -0.2) is 0 Å². The van der Waals surface area contributed by atoms with Crippen molar-refractivity contribution in [2.24, 2.45) is 0 Å². The molecule has 27 heavy (non-hydrogen) atoms. The molecule has 1 N–H and O–H groups in total. The molecule has 2 aromatic rings. The minimum absolute atomic E-state index is 0.0165. The molecule has 0 aliphatic carbocycles. The number of amides is 2. The van der Waals surface area contributed by atoms with Crippen LogP contribution in [0.15, 0.2) is 42.5 Å². The van der Waals surface area contributed by atoms with Crippen molar-refractivity contribution in [2.75, 3.05) is 38.0 Å². The maximum Gasteiger partial charge on any atom is 0.253 e. The second-order valence-electron chi connectivity index (χ2n) is 6.89. The number of nitrogens with zero attached hydrogens (tertiary/aromatic N) is 2. The fourth-order valence-corrected chi connectivity index (χ4v) is 3.50. The molecular formula is C21H24ClN3O2. The number of nitrogens with one attached hydrogen (secondary N) is 1. The number of carbonyl (C=O) groups excluding carboxylic acids is 2. The number of piperazine rings is 1. The normalized spacial score (nSPS) is 14.9. The topological polar surface area (TPSA) is 52.7 Å². The number of carbonyl (C=O) groups is 2. The van der Waals surface area contributed by atoms with Crippen molar-refractivity contribution in [1.82, 2.24) is 9.80 Å². The van der Waals surface area contributed by atoms with E-state index in [1.165, 1.54) is 0 Å². The zero-order valence-electron chi connectivity index (χ0n) is 15.7. The molecule has 2 amide bonds. The molecule has 0 bridgehead atoms. The van der Waals surface area contributed by atoms with Crippen LogP contribution in [0, 0.1) is 13.8 Å². The van der Waals surface area contributed by atoms with Crippen molar-refractivity contribution in [2.45, 2.75) is 13.8 Å². The summed E-state index contributed by atoms with van der Waals surface area (Å²) in [6.45, 7) is 6.85. The van der Waals surface area contributed by atoms with Gasteiger partial charge in [0.05, 0.1) is 6.54 Å². The van der Waals surface area contributed by atoms with Gasteiger partial charge in [0, 0.05) is 42.5 Å². The molecule has 1 fully saturated rings. The lowest BCUT2D eigenvalue weighted by atomic mass is 10.1. The van der Waals surface area contributed by atoms with Gasteiger partial charge in [-0.2, -0.15) is 0 Å². The third-order valence-corrected chi connectivity index (χ3v) is 5.08. The lowest BCUT2D eigenvalue weighted by Gasteiger charge is -2.34. The molecule has 0 aromatic heterocycles. The third-order valence-electron chi connectivity index (χ3n) is 4.84. The van der Waals surface area contributed by atoms with Crippen LogP contribution in [-0.4, -0.2) is 54.3 Å². The molecule has 5 nitrogen and oxygen atoms in total. The molecule has 1 aliphatic rings. The van der Waals surface area contributed by atoms with Crippen LogP contribution in [0.5, 0.6) is 0 Å². The Balaban J connectivity index is 1.52. The molecule has 3 rings (SSSR count). The van der Waals surface area contributed by atoms with Crippen LogP contribution in [0.1, 0.15) is 21.5 Å². The zero-order valence-corrected chi connectivity index (χ0v) is 16.4. The first-order valence-corrected chi connectivity index (χ1v) is 9.45. The number of hydrogen-bond acceptors (Lipinski definition) is 3. The summed E-state index contributed by atoms with van der Waals surface area (Å²) in [5.41, 5.74) is 3.60. The van der Waals surface area contributed by atoms with E-state index in [9.17, 15) is 9.59 Å². The van der Waals surface area contributed by atoms with Gasteiger partial charge in [0.1, 0.15) is 0 Å². The van der Waals surface area contributed by atoms with Crippen LogP contribution in [0.2, 0.25) is 5.02 Å². The maximum absolute atomic E-state index is 12.6. The largest absolute Gasteiger partial charge is 0.336 e. The van der Waals surface area contributed by atoms with Crippen LogP contribution in [0.4, 0.5) is 5.69 Å². The van der Waals surface area contributed by atoms with Crippen LogP contribution in [0.3, 0.4) is 0 Å². The highest BCUT2D eigenvalue weighted by Crippen LogP contribution is 2.19. The fourth-order valence-electron chi connectivity index (χ4n) is 3.31. The Morgan fingerprint density at radius 2 is 1.63 bits per heavy atom. The van der Waals surface area contributed by atoms with E-state index in [-0.39, 0.29) is 11.8 Å². The first kappa shape index (κ1) is 19.4. The van der Waals surface area contributed by atoms with E-state index in [2.05, 4.69) is 10.2 Å². The molecule has 142 valence electrons. The van der Waals surface area contributed by atoms with E-state index in [0.29, 0.717) is 43.3 Å². The predicted octanol–water partition coefficient (Wildman–Crippen LogP) is 3.35. The summed E-state index contributed by atoms with van der Waals surface area (Å²) >= 11 is 5.97. The van der Waals surface area contributed by atoms with Gasteiger partial charge in [-0.3, -0.25) is 14.5 Å². The van der Waals surface area contributed by atoms with Gasteiger partial charge >= 0.3 is 0 Å². The van der Waals surface area contributed by atoms with Gasteiger partial charge in [0.25, 0.3) is 5.91 Å². The lowest BCUT2D eigenvalue weighted by molar-refractivity contribution is -0.117. The summed E-state index contributed by atoms with van der Waals surface area (Å²) in [6, 6.07) is 13.0. The minimum atomic E-state index is -0.0259. The first-order valence-electron chi connectivity index (χ1n) is 9.07. The fraction of sp³-hybridized carbons (Fsp3) is 0.333. The number of rotatable bonds is 4. The van der Waals surface area contributed by atoms with Crippen molar-refractivity contribution in [3.63, 3.8) is 0 Å². The van der Waals surface area contributed by atoms with Gasteiger partial charge in [0.15, 0.2) is 0 Å². The highest BCUT2D eigenvalue weighted by Gasteiger charge is 2.23. The number of aryl methyl sites for hydroxylation is 2. The molecule has 2 aromatic carbocycles. The molecular weight excluding hydrogens is 362 g/mol. The average molecular weight is 386 g/mol. The van der Waals surface area contributed by atoms with Crippen molar-refractivity contribution in [1.29, 1.82) is 0 Å². The van der Waals surface area contributed by atoms with Gasteiger partial charge in [-0.05, 0) is 43.2 Å². The standard InChI is InChI=1S/C21H24ClN3O2/c1-15-5-3-6-16(2)20(15)23-19(26)14-24-9-11-25(12-10-24)21(27)17-7-4-8-18(22)13-17/h3-8,13H,9-12,14H2,1-2H3,(H,23,26). The summed E-state index contributed by atoms with van der Waals surface area (Å²) in [7, 11) is 0. The average Bonchev–Trinajstić information content (AvgIpc) is 2.65. The van der Waals surface area contributed by atoms with Crippen LogP contribution < -0.4 is 5.32 Å². The Morgan fingerprint density at radius 3 is 2.26 bits per heavy atom. The van der Waals surface area contributed by atoms with Crippen molar-refractivity contribution in [3.05, 3.63) is 64.2 Å². The second kappa shape index (κ2) is 8.55. The van der Waals surface area contributed by atoms with Gasteiger partial charge in [0.2, 0.25) is 5.91 Å². The molecule has 1 aliphatic heterocycles. The van der Waals surface area contributed by atoms with Gasteiger partial charge in [-0.1, -0.05) is 35.9 Å². The predicted molar refractivity (Wildman–Crippen MR) is 108 cm³/mol. The van der Waals surface area contributed by atoms with E-state index in [1.54, 1.807) is 24.3 Å². The first-order chi connectivity index (χ1) is 12.9. The zero-order chi connectivity index (χ0) is 19.4. The summed E-state index contributed by atoms with van der Waals surface area (Å²) in [5, 5.41) is 3.57. The number of hydrogen-bond donors (Lipinski definition) is 1. The molecule has 0 atom stereocenters. The highest BCUT2D eigenvalue weighted by molar-refractivity contribution is 6.30. The molecule has 0 saturated carbocycles. The molecule has 1 heterocycles. The van der Waals surface area contributed by atoms with Crippen molar-refractivity contribution < 1.29 is 9.59 Å². The Morgan fingerprint density at radius 1 is 1.00 bits per heavy atom. The van der Waals surface area contributed by atoms with Crippen LogP contribution in [0.25, 0.3) is 0 Å². The van der Waals surface area contributed by atoms with Gasteiger partial charge < -0.3 is 10.2 Å². The highest BCUT2D eigenvalue weighted by atomic mass is 35.5. The summed E-state index contributed by atoms with van der Waals surface area (Å²) < 4.78 is 0.